The average molecular weight is 393 g/mol. The Morgan fingerprint density at radius 3 is 2.72 bits per heavy atom. The predicted molar refractivity (Wildman–Crippen MR) is 112 cm³/mol. The minimum absolute atomic E-state index is 0.0591. The molecule has 152 valence electrons. The lowest BCUT2D eigenvalue weighted by Crippen LogP contribution is -2.18. The Balaban J connectivity index is 1.60. The molecule has 0 aliphatic heterocycles. The van der Waals surface area contributed by atoms with Crippen molar-refractivity contribution in [1.82, 2.24) is 19.6 Å². The monoisotopic (exact) mass is 393 g/mol. The molecular formula is C22H27N5O2. The highest BCUT2D eigenvalue weighted by molar-refractivity contribution is 6.04. The molecule has 2 aromatic heterocycles. The van der Waals surface area contributed by atoms with Crippen molar-refractivity contribution in [2.75, 3.05) is 11.9 Å². The van der Waals surface area contributed by atoms with E-state index in [0.717, 1.165) is 35.4 Å². The molecule has 0 unspecified atom stereocenters. The molecule has 0 saturated heterocycles. The van der Waals surface area contributed by atoms with Crippen molar-refractivity contribution in [2.45, 2.75) is 52.1 Å². The van der Waals surface area contributed by atoms with Gasteiger partial charge in [-0.2, -0.15) is 10.2 Å². The van der Waals surface area contributed by atoms with E-state index in [1.807, 2.05) is 48.9 Å². The third-order valence-corrected chi connectivity index (χ3v) is 5.71. The molecular weight excluding hydrogens is 366 g/mol. The second-order valence-electron chi connectivity index (χ2n) is 7.66. The van der Waals surface area contributed by atoms with Crippen molar-refractivity contribution < 1.29 is 9.90 Å². The highest BCUT2D eigenvalue weighted by Crippen LogP contribution is 2.31. The largest absolute Gasteiger partial charge is 0.394 e. The number of rotatable bonds is 6. The number of hydrogen-bond acceptors (Lipinski definition) is 4. The van der Waals surface area contributed by atoms with Gasteiger partial charge in [0.1, 0.15) is 5.82 Å². The number of aromatic nitrogens is 4. The summed E-state index contributed by atoms with van der Waals surface area (Å²) in [7, 11) is 0. The van der Waals surface area contributed by atoms with Crippen LogP contribution in [0.2, 0.25) is 0 Å². The van der Waals surface area contributed by atoms with Gasteiger partial charge >= 0.3 is 0 Å². The van der Waals surface area contributed by atoms with Crippen LogP contribution < -0.4 is 5.32 Å². The molecule has 0 spiro atoms. The fourth-order valence-corrected chi connectivity index (χ4v) is 4.12. The van der Waals surface area contributed by atoms with E-state index in [4.69, 9.17) is 0 Å². The molecule has 29 heavy (non-hydrogen) atoms. The van der Waals surface area contributed by atoms with E-state index >= 15 is 0 Å². The summed E-state index contributed by atoms with van der Waals surface area (Å²) in [6, 6.07) is 10.2. The van der Waals surface area contributed by atoms with Crippen LogP contribution in [0.1, 0.15) is 53.3 Å². The Hall–Kier alpha value is -2.93. The lowest BCUT2D eigenvalue weighted by molar-refractivity contribution is 0.102. The van der Waals surface area contributed by atoms with Gasteiger partial charge in [0.25, 0.3) is 5.91 Å². The Bertz CT molecular complexity index is 1010. The molecule has 0 atom stereocenters. The quantitative estimate of drug-likeness (QED) is 0.668. The van der Waals surface area contributed by atoms with E-state index in [0.29, 0.717) is 24.0 Å². The van der Waals surface area contributed by atoms with Crippen LogP contribution in [0, 0.1) is 13.8 Å². The maximum absolute atomic E-state index is 13.0. The Morgan fingerprint density at radius 1 is 1.24 bits per heavy atom. The first-order valence-electron chi connectivity index (χ1n) is 10.2. The molecule has 1 fully saturated rings. The first kappa shape index (κ1) is 19.4. The first-order chi connectivity index (χ1) is 14.1. The standard InChI is InChI=1S/C22H27N5O2/c1-15-7-3-6-10-18(15)20-13-21(26(25-20)11-12-28)24-22(29)19-14-23-27(16(19)2)17-8-4-5-9-17/h3,6-7,10,13-14,17,28H,4-5,8-9,11-12H2,1-2H3,(H,24,29). The fraction of sp³-hybridized carbons (Fsp3) is 0.409. The van der Waals surface area contributed by atoms with Crippen molar-refractivity contribution in [3.8, 4) is 11.3 Å². The second-order valence-corrected chi connectivity index (χ2v) is 7.66. The van der Waals surface area contributed by atoms with Gasteiger partial charge in [0.2, 0.25) is 0 Å². The molecule has 1 amide bonds. The van der Waals surface area contributed by atoms with Gasteiger partial charge in [0.15, 0.2) is 0 Å². The molecule has 2 N–H and O–H groups in total. The Kier molecular flexibility index (Phi) is 5.49. The first-order valence-corrected chi connectivity index (χ1v) is 10.2. The highest BCUT2D eigenvalue weighted by Gasteiger charge is 2.23. The van der Waals surface area contributed by atoms with E-state index in [1.165, 1.54) is 12.8 Å². The van der Waals surface area contributed by atoms with Crippen LogP contribution in [0.4, 0.5) is 5.82 Å². The van der Waals surface area contributed by atoms with Crippen molar-refractivity contribution in [2.24, 2.45) is 0 Å². The maximum atomic E-state index is 13.0. The average Bonchev–Trinajstić information content (AvgIpc) is 3.43. The summed E-state index contributed by atoms with van der Waals surface area (Å²) >= 11 is 0. The molecule has 0 radical (unpaired) electrons. The zero-order valence-electron chi connectivity index (χ0n) is 16.9. The van der Waals surface area contributed by atoms with Gasteiger partial charge in [-0.1, -0.05) is 37.1 Å². The van der Waals surface area contributed by atoms with Gasteiger partial charge in [-0.15, -0.1) is 0 Å². The van der Waals surface area contributed by atoms with E-state index in [9.17, 15) is 9.90 Å². The second kappa shape index (κ2) is 8.21. The molecule has 7 heteroatoms. The molecule has 1 aromatic carbocycles. The molecule has 2 heterocycles. The van der Waals surface area contributed by atoms with Crippen molar-refractivity contribution in [3.63, 3.8) is 0 Å². The normalized spacial score (nSPS) is 14.4. The highest BCUT2D eigenvalue weighted by atomic mass is 16.3. The maximum Gasteiger partial charge on any atom is 0.260 e. The van der Waals surface area contributed by atoms with Crippen molar-refractivity contribution in [1.29, 1.82) is 0 Å². The SMILES string of the molecule is Cc1ccccc1-c1cc(NC(=O)c2cnn(C3CCCC3)c2C)n(CCO)n1. The third kappa shape index (κ3) is 3.82. The number of amides is 1. The van der Waals surface area contributed by atoms with Crippen LogP contribution >= 0.6 is 0 Å². The predicted octanol–water partition coefficient (Wildman–Crippen LogP) is 3.72. The molecule has 1 aliphatic carbocycles. The summed E-state index contributed by atoms with van der Waals surface area (Å²) in [6.45, 7) is 4.22. The van der Waals surface area contributed by atoms with Crippen LogP contribution in [0.25, 0.3) is 11.3 Å². The van der Waals surface area contributed by atoms with E-state index in [2.05, 4.69) is 15.5 Å². The summed E-state index contributed by atoms with van der Waals surface area (Å²) in [4.78, 5) is 13.0. The van der Waals surface area contributed by atoms with Gasteiger partial charge in [-0.05, 0) is 32.3 Å². The summed E-state index contributed by atoms with van der Waals surface area (Å²) in [6.07, 6.45) is 6.32. The number of aliphatic hydroxyl groups excluding tert-OH is 1. The Morgan fingerprint density at radius 2 is 2.00 bits per heavy atom. The van der Waals surface area contributed by atoms with Crippen LogP contribution in [0.5, 0.6) is 0 Å². The number of aryl methyl sites for hydroxylation is 1. The minimum Gasteiger partial charge on any atom is -0.394 e. The number of nitrogens with zero attached hydrogens (tertiary/aromatic N) is 4. The fourth-order valence-electron chi connectivity index (χ4n) is 4.12. The van der Waals surface area contributed by atoms with Crippen molar-refractivity contribution in [3.05, 3.63) is 53.3 Å². The number of carbonyl (C=O) groups excluding carboxylic acids is 1. The third-order valence-electron chi connectivity index (χ3n) is 5.71. The molecule has 4 rings (SSSR count). The van der Waals surface area contributed by atoms with Gasteiger partial charge < -0.3 is 10.4 Å². The van der Waals surface area contributed by atoms with E-state index in [1.54, 1.807) is 10.9 Å². The van der Waals surface area contributed by atoms with Gasteiger partial charge in [-0.3, -0.25) is 9.48 Å². The summed E-state index contributed by atoms with van der Waals surface area (Å²) in [5.74, 6) is 0.359. The Labute approximate surface area is 170 Å². The zero-order valence-corrected chi connectivity index (χ0v) is 16.9. The number of anilines is 1. The minimum atomic E-state index is -0.206. The van der Waals surface area contributed by atoms with E-state index < -0.39 is 0 Å². The summed E-state index contributed by atoms with van der Waals surface area (Å²) in [5, 5.41) is 21.4. The van der Waals surface area contributed by atoms with Gasteiger partial charge in [0, 0.05) is 17.3 Å². The molecule has 1 aliphatic rings. The van der Waals surface area contributed by atoms with Gasteiger partial charge in [-0.25, -0.2) is 4.68 Å². The molecule has 7 nitrogen and oxygen atoms in total. The zero-order chi connectivity index (χ0) is 20.4. The topological polar surface area (TPSA) is 85.0 Å². The van der Waals surface area contributed by atoms with Crippen LogP contribution in [0.3, 0.4) is 0 Å². The lowest BCUT2D eigenvalue weighted by Gasteiger charge is -2.12. The van der Waals surface area contributed by atoms with Gasteiger partial charge in [0.05, 0.1) is 36.6 Å². The molecule has 0 bridgehead atoms. The van der Waals surface area contributed by atoms with Crippen LogP contribution in [-0.2, 0) is 6.54 Å². The number of hydrogen-bond donors (Lipinski definition) is 2. The molecule has 1 saturated carbocycles. The van der Waals surface area contributed by atoms with Crippen LogP contribution in [0.15, 0.2) is 36.5 Å². The smallest absolute Gasteiger partial charge is 0.260 e. The summed E-state index contributed by atoms with van der Waals surface area (Å²) < 4.78 is 3.63. The summed E-state index contributed by atoms with van der Waals surface area (Å²) in [5.41, 5.74) is 4.34. The number of nitrogens with one attached hydrogen (secondary N) is 1. The number of carbonyl (C=O) groups is 1. The number of benzene rings is 1. The van der Waals surface area contributed by atoms with E-state index in [-0.39, 0.29) is 12.5 Å². The number of aliphatic hydroxyl groups is 1. The van der Waals surface area contributed by atoms with Crippen molar-refractivity contribution >= 4 is 11.7 Å². The molecule has 3 aromatic rings. The lowest BCUT2D eigenvalue weighted by atomic mass is 10.1. The van der Waals surface area contributed by atoms with Crippen LogP contribution in [-0.4, -0.2) is 37.2 Å².